The fraction of sp³-hybridized carbons (Fsp3) is 0.0625. The van der Waals surface area contributed by atoms with Crippen molar-refractivity contribution in [3.63, 3.8) is 0 Å². The first kappa shape index (κ1) is 14.7. The molecule has 0 saturated heterocycles. The van der Waals surface area contributed by atoms with Crippen molar-refractivity contribution in [1.29, 1.82) is 0 Å². The number of aromatic amines is 1. The third-order valence-electron chi connectivity index (χ3n) is 3.28. The van der Waals surface area contributed by atoms with E-state index >= 15 is 0 Å². The summed E-state index contributed by atoms with van der Waals surface area (Å²) in [4.78, 5) is 0. The number of nitrogens with zero attached hydrogens (tertiary/aromatic N) is 1. The van der Waals surface area contributed by atoms with Crippen LogP contribution < -0.4 is 5.32 Å². The van der Waals surface area contributed by atoms with Crippen LogP contribution in [0, 0.1) is 18.6 Å². The molecule has 1 heterocycles. The van der Waals surface area contributed by atoms with Crippen LogP contribution in [0.5, 0.6) is 0 Å². The van der Waals surface area contributed by atoms with Gasteiger partial charge in [-0.3, -0.25) is 5.10 Å². The van der Waals surface area contributed by atoms with Crippen LogP contribution in [-0.4, -0.2) is 10.2 Å². The Morgan fingerprint density at radius 3 is 2.64 bits per heavy atom. The first-order chi connectivity index (χ1) is 10.6. The summed E-state index contributed by atoms with van der Waals surface area (Å²) in [7, 11) is 0. The van der Waals surface area contributed by atoms with Crippen LogP contribution in [0.4, 0.5) is 20.3 Å². The van der Waals surface area contributed by atoms with Crippen molar-refractivity contribution in [1.82, 2.24) is 10.2 Å². The molecule has 2 N–H and O–H groups in total. The maximum atomic E-state index is 13.8. The largest absolute Gasteiger partial charge is 0.338 e. The molecule has 0 fully saturated rings. The smallest absolute Gasteiger partial charge is 0.146 e. The number of para-hydroxylation sites is 1. The number of aryl methyl sites for hydroxylation is 1. The Labute approximate surface area is 134 Å². The van der Waals surface area contributed by atoms with E-state index in [-0.39, 0.29) is 11.6 Å². The molecule has 0 aliphatic carbocycles. The Bertz CT molecular complexity index is 830. The van der Waals surface area contributed by atoms with Gasteiger partial charge in [-0.2, -0.15) is 5.10 Å². The summed E-state index contributed by atoms with van der Waals surface area (Å²) in [6.07, 6.45) is 0. The summed E-state index contributed by atoms with van der Waals surface area (Å²) >= 11 is 3.35. The molecule has 0 atom stereocenters. The molecule has 3 rings (SSSR count). The summed E-state index contributed by atoms with van der Waals surface area (Å²) in [5.74, 6) is -0.144. The summed E-state index contributed by atoms with van der Waals surface area (Å²) in [6, 6.07) is 10.8. The third kappa shape index (κ3) is 2.74. The van der Waals surface area contributed by atoms with Crippen molar-refractivity contribution in [3.8, 4) is 11.1 Å². The standard InChI is InChI=1S/C16H12BrF2N3/c1-9-15(11-7-6-10(18)8-12(11)17)16(22-21-9)20-14-5-3-2-4-13(14)19/h2-8H,1H3,(H2,20,21,22). The minimum atomic E-state index is -0.362. The van der Waals surface area contributed by atoms with E-state index in [9.17, 15) is 8.78 Å². The zero-order chi connectivity index (χ0) is 15.7. The fourth-order valence-electron chi connectivity index (χ4n) is 2.24. The molecular formula is C16H12BrF2N3. The molecule has 2 aromatic carbocycles. The van der Waals surface area contributed by atoms with Crippen LogP contribution in [0.15, 0.2) is 46.9 Å². The van der Waals surface area contributed by atoms with E-state index in [1.807, 2.05) is 6.92 Å². The van der Waals surface area contributed by atoms with E-state index in [1.165, 1.54) is 18.2 Å². The van der Waals surface area contributed by atoms with Gasteiger partial charge in [-0.15, -0.1) is 0 Å². The van der Waals surface area contributed by atoms with E-state index in [0.717, 1.165) is 16.8 Å². The van der Waals surface area contributed by atoms with Crippen LogP contribution in [0.2, 0.25) is 0 Å². The van der Waals surface area contributed by atoms with Gasteiger partial charge in [-0.25, -0.2) is 8.78 Å². The Morgan fingerprint density at radius 2 is 1.91 bits per heavy atom. The molecule has 0 amide bonds. The number of anilines is 2. The second-order valence-corrected chi connectivity index (χ2v) is 5.64. The van der Waals surface area contributed by atoms with Crippen molar-refractivity contribution in [2.24, 2.45) is 0 Å². The topological polar surface area (TPSA) is 40.7 Å². The van der Waals surface area contributed by atoms with Gasteiger partial charge in [-0.1, -0.05) is 34.1 Å². The van der Waals surface area contributed by atoms with Gasteiger partial charge in [0.2, 0.25) is 0 Å². The van der Waals surface area contributed by atoms with Gasteiger partial charge in [0.15, 0.2) is 0 Å². The van der Waals surface area contributed by atoms with Gasteiger partial charge in [0.25, 0.3) is 0 Å². The second kappa shape index (κ2) is 5.88. The second-order valence-electron chi connectivity index (χ2n) is 4.79. The molecule has 0 aliphatic rings. The molecule has 0 saturated carbocycles. The summed E-state index contributed by atoms with van der Waals surface area (Å²) in [5.41, 5.74) is 2.60. The van der Waals surface area contributed by atoms with Gasteiger partial charge in [-0.05, 0) is 31.2 Å². The highest BCUT2D eigenvalue weighted by Crippen LogP contribution is 2.36. The predicted molar refractivity (Wildman–Crippen MR) is 86.1 cm³/mol. The number of halogens is 3. The zero-order valence-corrected chi connectivity index (χ0v) is 13.2. The van der Waals surface area contributed by atoms with Crippen molar-refractivity contribution in [2.45, 2.75) is 6.92 Å². The molecule has 0 bridgehead atoms. The maximum absolute atomic E-state index is 13.8. The summed E-state index contributed by atoms with van der Waals surface area (Å²) in [6.45, 7) is 1.83. The van der Waals surface area contributed by atoms with Gasteiger partial charge < -0.3 is 5.32 Å². The molecule has 1 aromatic heterocycles. The molecule has 6 heteroatoms. The highest BCUT2D eigenvalue weighted by Gasteiger charge is 2.16. The Kier molecular flexibility index (Phi) is 3.94. The molecule has 22 heavy (non-hydrogen) atoms. The van der Waals surface area contributed by atoms with E-state index in [1.54, 1.807) is 24.3 Å². The lowest BCUT2D eigenvalue weighted by Crippen LogP contribution is -1.96. The van der Waals surface area contributed by atoms with Crippen molar-refractivity contribution < 1.29 is 8.78 Å². The molecule has 0 radical (unpaired) electrons. The highest BCUT2D eigenvalue weighted by atomic mass is 79.9. The van der Waals surface area contributed by atoms with Gasteiger partial charge in [0, 0.05) is 15.6 Å². The molecule has 3 aromatic rings. The van der Waals surface area contributed by atoms with Gasteiger partial charge in [0.05, 0.1) is 11.4 Å². The lowest BCUT2D eigenvalue weighted by molar-refractivity contribution is 0.627. The average molecular weight is 364 g/mol. The SMILES string of the molecule is Cc1n[nH]c(Nc2ccccc2F)c1-c1ccc(F)cc1Br. The first-order valence-corrected chi connectivity index (χ1v) is 7.37. The number of H-pyrrole nitrogens is 1. The van der Waals surface area contributed by atoms with E-state index < -0.39 is 0 Å². The first-order valence-electron chi connectivity index (χ1n) is 6.58. The van der Waals surface area contributed by atoms with Gasteiger partial charge >= 0.3 is 0 Å². The molecule has 0 unspecified atom stereocenters. The number of aromatic nitrogens is 2. The van der Waals surface area contributed by atoms with Crippen LogP contribution in [0.3, 0.4) is 0 Å². The quantitative estimate of drug-likeness (QED) is 0.673. The lowest BCUT2D eigenvalue weighted by Gasteiger charge is -2.10. The van der Waals surface area contributed by atoms with Crippen LogP contribution in [0.1, 0.15) is 5.69 Å². The molecule has 3 nitrogen and oxygen atoms in total. The third-order valence-corrected chi connectivity index (χ3v) is 3.94. The van der Waals surface area contributed by atoms with E-state index in [4.69, 9.17) is 0 Å². The zero-order valence-electron chi connectivity index (χ0n) is 11.6. The predicted octanol–water partition coefficient (Wildman–Crippen LogP) is 5.17. The Balaban J connectivity index is 2.06. The van der Waals surface area contributed by atoms with Crippen molar-refractivity contribution in [2.75, 3.05) is 5.32 Å². The Morgan fingerprint density at radius 1 is 1.14 bits per heavy atom. The molecule has 112 valence electrons. The average Bonchev–Trinajstić information content (AvgIpc) is 2.83. The van der Waals surface area contributed by atoms with Crippen LogP contribution in [0.25, 0.3) is 11.1 Å². The Hall–Kier alpha value is -2.21. The number of nitrogens with one attached hydrogen (secondary N) is 2. The lowest BCUT2D eigenvalue weighted by atomic mass is 10.1. The van der Waals surface area contributed by atoms with Crippen molar-refractivity contribution >= 4 is 27.4 Å². The minimum Gasteiger partial charge on any atom is -0.338 e. The molecule has 0 aliphatic heterocycles. The number of benzene rings is 2. The fourth-order valence-corrected chi connectivity index (χ4v) is 2.79. The maximum Gasteiger partial charge on any atom is 0.146 e. The normalized spacial score (nSPS) is 10.7. The van der Waals surface area contributed by atoms with E-state index in [2.05, 4.69) is 31.4 Å². The van der Waals surface area contributed by atoms with Crippen LogP contribution in [-0.2, 0) is 0 Å². The monoisotopic (exact) mass is 363 g/mol. The van der Waals surface area contributed by atoms with E-state index in [0.29, 0.717) is 16.0 Å². The van der Waals surface area contributed by atoms with Gasteiger partial charge in [0.1, 0.15) is 17.5 Å². The van der Waals surface area contributed by atoms with Crippen molar-refractivity contribution in [3.05, 3.63) is 64.3 Å². The number of hydrogen-bond donors (Lipinski definition) is 2. The number of rotatable bonds is 3. The van der Waals surface area contributed by atoms with Crippen LogP contribution >= 0.6 is 15.9 Å². The molecule has 0 spiro atoms. The summed E-state index contributed by atoms with van der Waals surface area (Å²) in [5, 5.41) is 10.00. The summed E-state index contributed by atoms with van der Waals surface area (Å²) < 4.78 is 27.7. The molecular weight excluding hydrogens is 352 g/mol. The number of hydrogen-bond acceptors (Lipinski definition) is 2. The highest BCUT2D eigenvalue weighted by molar-refractivity contribution is 9.10. The minimum absolute atomic E-state index is 0.333.